The fourth-order valence-corrected chi connectivity index (χ4v) is 3.16. The number of hydrogen-bond acceptors (Lipinski definition) is 2. The number of hydrogen-bond donors (Lipinski definition) is 0. The van der Waals surface area contributed by atoms with Crippen molar-refractivity contribution in [1.29, 1.82) is 0 Å². The number of nitrogens with zero attached hydrogens (tertiary/aromatic N) is 2. The third-order valence-corrected chi connectivity index (χ3v) is 4.24. The normalized spacial score (nSPS) is 10.9. The van der Waals surface area contributed by atoms with Crippen LogP contribution in [0.3, 0.4) is 0 Å². The smallest absolute Gasteiger partial charge is 0.143 e. The molecule has 2 aromatic carbocycles. The molecule has 0 bridgehead atoms. The van der Waals surface area contributed by atoms with Gasteiger partial charge in [-0.05, 0) is 48.5 Å². The SMILES string of the molecule is COc1ccc2c(-n3cccc3)c(OC)ccc2c1-n1cccc1. The molecule has 0 fully saturated rings. The molecule has 0 amide bonds. The van der Waals surface area contributed by atoms with Crippen LogP contribution in [0, 0.1) is 0 Å². The summed E-state index contributed by atoms with van der Waals surface area (Å²) < 4.78 is 15.4. The number of methoxy groups -OCH3 is 2. The van der Waals surface area contributed by atoms with E-state index in [-0.39, 0.29) is 0 Å². The number of aromatic nitrogens is 2. The second-order valence-corrected chi connectivity index (χ2v) is 5.51. The molecular weight excluding hydrogens is 300 g/mol. The first-order valence-electron chi connectivity index (χ1n) is 7.78. The lowest BCUT2D eigenvalue weighted by Crippen LogP contribution is -2.01. The molecule has 4 nitrogen and oxygen atoms in total. The van der Waals surface area contributed by atoms with Gasteiger partial charge in [-0.1, -0.05) is 0 Å². The Bertz CT molecular complexity index is 889. The van der Waals surface area contributed by atoms with E-state index in [1.807, 2.05) is 61.2 Å². The molecule has 120 valence electrons. The fourth-order valence-electron chi connectivity index (χ4n) is 3.16. The summed E-state index contributed by atoms with van der Waals surface area (Å²) in [4.78, 5) is 0. The molecule has 4 aromatic rings. The highest BCUT2D eigenvalue weighted by molar-refractivity contribution is 6.00. The van der Waals surface area contributed by atoms with Crippen molar-refractivity contribution in [1.82, 2.24) is 9.13 Å². The van der Waals surface area contributed by atoms with Gasteiger partial charge in [0.15, 0.2) is 0 Å². The number of benzene rings is 2. The van der Waals surface area contributed by atoms with Crippen LogP contribution in [-0.2, 0) is 0 Å². The van der Waals surface area contributed by atoms with E-state index in [9.17, 15) is 0 Å². The summed E-state index contributed by atoms with van der Waals surface area (Å²) in [7, 11) is 3.40. The molecule has 0 aliphatic carbocycles. The predicted octanol–water partition coefficient (Wildman–Crippen LogP) is 4.44. The zero-order chi connectivity index (χ0) is 16.5. The molecule has 4 rings (SSSR count). The minimum Gasteiger partial charge on any atom is -0.495 e. The minimum absolute atomic E-state index is 0.835. The zero-order valence-corrected chi connectivity index (χ0v) is 13.6. The van der Waals surface area contributed by atoms with Gasteiger partial charge in [-0.3, -0.25) is 0 Å². The molecule has 2 heterocycles. The molecule has 0 N–H and O–H groups in total. The Kier molecular flexibility index (Phi) is 3.50. The van der Waals surface area contributed by atoms with Crippen LogP contribution in [0.15, 0.2) is 73.3 Å². The molecule has 0 aliphatic rings. The van der Waals surface area contributed by atoms with Gasteiger partial charge in [-0.15, -0.1) is 0 Å². The average molecular weight is 318 g/mol. The third-order valence-electron chi connectivity index (χ3n) is 4.24. The lowest BCUT2D eigenvalue weighted by molar-refractivity contribution is 0.412. The predicted molar refractivity (Wildman–Crippen MR) is 95.7 cm³/mol. The van der Waals surface area contributed by atoms with Crippen molar-refractivity contribution in [3.63, 3.8) is 0 Å². The lowest BCUT2D eigenvalue weighted by atomic mass is 10.0. The number of ether oxygens (including phenoxy) is 2. The van der Waals surface area contributed by atoms with E-state index in [4.69, 9.17) is 9.47 Å². The van der Waals surface area contributed by atoms with Crippen molar-refractivity contribution in [3.05, 3.63) is 73.3 Å². The van der Waals surface area contributed by atoms with E-state index in [1.165, 1.54) is 0 Å². The van der Waals surface area contributed by atoms with Gasteiger partial charge in [-0.2, -0.15) is 0 Å². The van der Waals surface area contributed by atoms with Crippen molar-refractivity contribution in [3.8, 4) is 22.9 Å². The van der Waals surface area contributed by atoms with Crippen molar-refractivity contribution in [2.24, 2.45) is 0 Å². The average Bonchev–Trinajstić information content (AvgIpc) is 3.33. The summed E-state index contributed by atoms with van der Waals surface area (Å²) in [6.45, 7) is 0. The molecular formula is C20H18N2O2. The molecule has 0 saturated heterocycles. The third kappa shape index (κ3) is 2.15. The Morgan fingerprint density at radius 3 is 1.29 bits per heavy atom. The standard InChI is InChI=1S/C20H18N2O2/c1-23-17-9-7-16-15(19(17)21-11-3-4-12-21)8-10-18(24-2)20(16)22-13-5-6-14-22/h3-14H,1-2H3. The van der Waals surface area contributed by atoms with E-state index < -0.39 is 0 Å². The van der Waals surface area contributed by atoms with Crippen LogP contribution in [0.1, 0.15) is 0 Å². The molecule has 0 radical (unpaired) electrons. The van der Waals surface area contributed by atoms with Crippen molar-refractivity contribution >= 4 is 10.8 Å². The van der Waals surface area contributed by atoms with Crippen LogP contribution in [0.25, 0.3) is 22.1 Å². The summed E-state index contributed by atoms with van der Waals surface area (Å²) >= 11 is 0. The van der Waals surface area contributed by atoms with Gasteiger partial charge >= 0.3 is 0 Å². The molecule has 0 spiro atoms. The monoisotopic (exact) mass is 318 g/mol. The van der Waals surface area contributed by atoms with Crippen molar-refractivity contribution < 1.29 is 9.47 Å². The highest BCUT2D eigenvalue weighted by Gasteiger charge is 2.16. The summed E-state index contributed by atoms with van der Waals surface area (Å²) in [6.07, 6.45) is 8.10. The summed E-state index contributed by atoms with van der Waals surface area (Å²) in [5.41, 5.74) is 2.05. The van der Waals surface area contributed by atoms with E-state index in [0.717, 1.165) is 33.6 Å². The topological polar surface area (TPSA) is 28.3 Å². The Labute approximate surface area is 140 Å². The Morgan fingerprint density at radius 1 is 0.583 bits per heavy atom. The van der Waals surface area contributed by atoms with E-state index in [2.05, 4.69) is 21.3 Å². The quantitative estimate of drug-likeness (QED) is 0.556. The van der Waals surface area contributed by atoms with Crippen LogP contribution >= 0.6 is 0 Å². The second kappa shape index (κ2) is 5.81. The highest BCUT2D eigenvalue weighted by Crippen LogP contribution is 2.38. The zero-order valence-electron chi connectivity index (χ0n) is 13.6. The molecule has 24 heavy (non-hydrogen) atoms. The molecule has 0 unspecified atom stereocenters. The van der Waals surface area contributed by atoms with E-state index in [1.54, 1.807) is 14.2 Å². The highest BCUT2D eigenvalue weighted by atomic mass is 16.5. The Morgan fingerprint density at radius 2 is 0.958 bits per heavy atom. The summed E-state index contributed by atoms with van der Waals surface area (Å²) in [6, 6.07) is 16.2. The second-order valence-electron chi connectivity index (χ2n) is 5.51. The maximum Gasteiger partial charge on any atom is 0.143 e. The summed E-state index contributed by atoms with van der Waals surface area (Å²) in [5, 5.41) is 2.21. The van der Waals surface area contributed by atoms with Crippen LogP contribution in [0.4, 0.5) is 0 Å². The molecule has 0 aliphatic heterocycles. The summed E-state index contributed by atoms with van der Waals surface area (Å²) in [5.74, 6) is 1.67. The maximum atomic E-state index is 5.61. The lowest BCUT2D eigenvalue weighted by Gasteiger charge is -2.18. The van der Waals surface area contributed by atoms with Gasteiger partial charge in [0, 0.05) is 35.6 Å². The minimum atomic E-state index is 0.835. The van der Waals surface area contributed by atoms with E-state index >= 15 is 0 Å². The fraction of sp³-hybridized carbons (Fsp3) is 0.100. The van der Waals surface area contributed by atoms with Crippen LogP contribution in [0.2, 0.25) is 0 Å². The molecule has 0 atom stereocenters. The van der Waals surface area contributed by atoms with Gasteiger partial charge in [0.25, 0.3) is 0 Å². The van der Waals surface area contributed by atoms with Gasteiger partial charge in [0.2, 0.25) is 0 Å². The van der Waals surface area contributed by atoms with Crippen LogP contribution in [0.5, 0.6) is 11.5 Å². The Balaban J connectivity index is 2.11. The molecule has 2 aromatic heterocycles. The van der Waals surface area contributed by atoms with Gasteiger partial charge in [-0.25, -0.2) is 0 Å². The largest absolute Gasteiger partial charge is 0.495 e. The van der Waals surface area contributed by atoms with Gasteiger partial charge in [0.1, 0.15) is 11.5 Å². The first-order valence-corrected chi connectivity index (χ1v) is 7.78. The Hall–Kier alpha value is -3.14. The molecule has 4 heteroatoms. The number of rotatable bonds is 4. The van der Waals surface area contributed by atoms with Gasteiger partial charge < -0.3 is 18.6 Å². The van der Waals surface area contributed by atoms with E-state index in [0.29, 0.717) is 0 Å². The first-order chi connectivity index (χ1) is 11.8. The van der Waals surface area contributed by atoms with Crippen molar-refractivity contribution in [2.45, 2.75) is 0 Å². The van der Waals surface area contributed by atoms with Crippen LogP contribution < -0.4 is 9.47 Å². The number of fused-ring (bicyclic) bond motifs is 1. The maximum absolute atomic E-state index is 5.61. The molecule has 0 saturated carbocycles. The van der Waals surface area contributed by atoms with Crippen molar-refractivity contribution in [2.75, 3.05) is 14.2 Å². The first kappa shape index (κ1) is 14.5. The van der Waals surface area contributed by atoms with Crippen LogP contribution in [-0.4, -0.2) is 23.4 Å². The van der Waals surface area contributed by atoms with Gasteiger partial charge in [0.05, 0.1) is 25.6 Å².